The van der Waals surface area contributed by atoms with E-state index in [4.69, 9.17) is 0 Å². The Bertz CT molecular complexity index is 912. The maximum absolute atomic E-state index is 13.8. The molecule has 2 aromatic heterocycles. The van der Waals surface area contributed by atoms with Crippen molar-refractivity contribution < 1.29 is 18.0 Å². The number of carbonyl (C=O) groups is 1. The zero-order valence-electron chi connectivity index (χ0n) is 17.8. The molecule has 0 aromatic carbocycles. The maximum Gasteiger partial charge on any atom is 0.410 e. The van der Waals surface area contributed by atoms with Crippen molar-refractivity contribution in [2.75, 3.05) is 11.9 Å². The van der Waals surface area contributed by atoms with Crippen molar-refractivity contribution in [3.8, 4) is 0 Å². The molecule has 1 fully saturated rings. The molecular weight excluding hydrogens is 407 g/mol. The second-order valence-electron chi connectivity index (χ2n) is 8.78. The van der Waals surface area contributed by atoms with Crippen molar-refractivity contribution in [1.29, 1.82) is 0 Å². The van der Waals surface area contributed by atoms with Crippen LogP contribution >= 0.6 is 0 Å². The van der Waals surface area contributed by atoms with E-state index >= 15 is 0 Å². The highest BCUT2D eigenvalue weighted by atomic mass is 19.4. The Kier molecular flexibility index (Phi) is 5.94. The van der Waals surface area contributed by atoms with Gasteiger partial charge in [0.15, 0.2) is 6.04 Å². The molecule has 2 aliphatic heterocycles. The fourth-order valence-corrected chi connectivity index (χ4v) is 4.52. The molecule has 31 heavy (non-hydrogen) atoms. The van der Waals surface area contributed by atoms with Crippen molar-refractivity contribution >= 4 is 11.7 Å². The molecule has 2 aromatic rings. The Morgan fingerprint density at radius 2 is 2.10 bits per heavy atom. The standard InChI is InChI=1S/C22H28F3N5O/c1-14(2)16-12-19(22(23,24)25)30-20(27-16)13-17(28-30)18-8-4-6-10-29(18)21(31)11-15-7-3-5-9-26-15/h3,5,7,9,13-14,16,18-19,27H,4,6,8,10-12H2,1-2H3/t16-,18+,19+/m0/s1. The molecule has 0 radical (unpaired) electrons. The van der Waals surface area contributed by atoms with Crippen LogP contribution in [-0.4, -0.2) is 44.3 Å². The monoisotopic (exact) mass is 435 g/mol. The molecule has 3 atom stereocenters. The SMILES string of the molecule is CC(C)[C@@H]1C[C@H](C(F)(F)F)n2nc([C@H]3CCCCN3C(=O)Cc3ccccn3)cc2N1. The molecule has 2 aliphatic rings. The highest BCUT2D eigenvalue weighted by molar-refractivity contribution is 5.79. The summed E-state index contributed by atoms with van der Waals surface area (Å²) >= 11 is 0. The number of pyridine rings is 1. The van der Waals surface area contributed by atoms with Gasteiger partial charge in [-0.05, 0) is 43.7 Å². The van der Waals surface area contributed by atoms with Crippen molar-refractivity contribution in [3.63, 3.8) is 0 Å². The average Bonchev–Trinajstić information content (AvgIpc) is 3.17. The van der Waals surface area contributed by atoms with E-state index in [1.807, 2.05) is 19.9 Å². The Labute approximate surface area is 179 Å². The van der Waals surface area contributed by atoms with Gasteiger partial charge in [-0.2, -0.15) is 18.3 Å². The molecule has 4 rings (SSSR count). The first kappa shape index (κ1) is 21.6. The lowest BCUT2D eigenvalue weighted by atomic mass is 9.94. The third-order valence-corrected chi connectivity index (χ3v) is 6.27. The second kappa shape index (κ2) is 8.51. The van der Waals surface area contributed by atoms with Gasteiger partial charge in [-0.1, -0.05) is 19.9 Å². The van der Waals surface area contributed by atoms with Crippen molar-refractivity contribution in [3.05, 3.63) is 41.9 Å². The fraction of sp³-hybridized carbons (Fsp3) is 0.591. The minimum absolute atomic E-state index is 0.0533. The van der Waals surface area contributed by atoms with Gasteiger partial charge in [0.25, 0.3) is 0 Å². The van der Waals surface area contributed by atoms with Gasteiger partial charge in [-0.25, -0.2) is 4.68 Å². The van der Waals surface area contributed by atoms with Crippen LogP contribution in [0.3, 0.4) is 0 Å². The molecule has 0 aliphatic carbocycles. The van der Waals surface area contributed by atoms with E-state index in [1.165, 1.54) is 0 Å². The first-order valence-electron chi connectivity index (χ1n) is 10.9. The van der Waals surface area contributed by atoms with Crippen LogP contribution < -0.4 is 5.32 Å². The first-order chi connectivity index (χ1) is 14.7. The number of piperidine rings is 1. The molecule has 0 unspecified atom stereocenters. The Balaban J connectivity index is 1.61. The number of likely N-dealkylation sites (tertiary alicyclic amines) is 1. The lowest BCUT2D eigenvalue weighted by Crippen LogP contribution is -2.41. The number of anilines is 1. The quantitative estimate of drug-likeness (QED) is 0.767. The van der Waals surface area contributed by atoms with Crippen LogP contribution in [0.15, 0.2) is 30.5 Å². The van der Waals surface area contributed by atoms with Gasteiger partial charge >= 0.3 is 6.18 Å². The molecule has 1 saturated heterocycles. The lowest BCUT2D eigenvalue weighted by molar-refractivity contribution is -0.174. The molecule has 1 N–H and O–H groups in total. The number of aromatic nitrogens is 3. The molecular formula is C22H28F3N5O. The van der Waals surface area contributed by atoms with E-state index in [0.717, 1.165) is 17.5 Å². The van der Waals surface area contributed by atoms with Crippen LogP contribution in [0, 0.1) is 5.92 Å². The predicted octanol–water partition coefficient (Wildman–Crippen LogP) is 4.52. The topological polar surface area (TPSA) is 63.1 Å². The van der Waals surface area contributed by atoms with Gasteiger partial charge < -0.3 is 10.2 Å². The highest BCUT2D eigenvalue weighted by Gasteiger charge is 2.47. The van der Waals surface area contributed by atoms with Gasteiger partial charge in [0.2, 0.25) is 5.91 Å². The number of alkyl halides is 3. The van der Waals surface area contributed by atoms with Crippen LogP contribution in [0.2, 0.25) is 0 Å². The summed E-state index contributed by atoms with van der Waals surface area (Å²) in [6, 6.07) is 4.86. The van der Waals surface area contributed by atoms with Crippen LogP contribution in [0.1, 0.15) is 63.0 Å². The molecule has 0 saturated carbocycles. The zero-order chi connectivity index (χ0) is 22.2. The number of carbonyl (C=O) groups excluding carboxylic acids is 1. The van der Waals surface area contributed by atoms with Crippen LogP contribution in [0.5, 0.6) is 0 Å². The van der Waals surface area contributed by atoms with E-state index in [2.05, 4.69) is 15.4 Å². The number of nitrogens with zero attached hydrogens (tertiary/aromatic N) is 4. The molecule has 6 nitrogen and oxygen atoms in total. The van der Waals surface area contributed by atoms with Crippen molar-refractivity contribution in [1.82, 2.24) is 19.7 Å². The third-order valence-electron chi connectivity index (χ3n) is 6.27. The number of fused-ring (bicyclic) bond motifs is 1. The molecule has 168 valence electrons. The maximum atomic E-state index is 13.8. The van der Waals surface area contributed by atoms with E-state index in [0.29, 0.717) is 30.2 Å². The summed E-state index contributed by atoms with van der Waals surface area (Å²) in [4.78, 5) is 19.0. The van der Waals surface area contributed by atoms with Crippen LogP contribution in [-0.2, 0) is 11.2 Å². The summed E-state index contributed by atoms with van der Waals surface area (Å²) in [5.74, 6) is 0.364. The summed E-state index contributed by atoms with van der Waals surface area (Å²) in [7, 11) is 0. The van der Waals surface area contributed by atoms with Crippen molar-refractivity contribution in [2.24, 2.45) is 5.92 Å². The summed E-state index contributed by atoms with van der Waals surface area (Å²) in [6.45, 7) is 4.40. The fourth-order valence-electron chi connectivity index (χ4n) is 4.52. The van der Waals surface area contributed by atoms with Gasteiger partial charge in [0, 0.05) is 30.5 Å². The Morgan fingerprint density at radius 3 is 2.77 bits per heavy atom. The van der Waals surface area contributed by atoms with E-state index in [-0.39, 0.29) is 36.8 Å². The summed E-state index contributed by atoms with van der Waals surface area (Å²) in [5, 5.41) is 7.61. The largest absolute Gasteiger partial charge is 0.410 e. The normalized spacial score (nSPS) is 24.1. The summed E-state index contributed by atoms with van der Waals surface area (Å²) in [5.41, 5.74) is 1.20. The van der Waals surface area contributed by atoms with Gasteiger partial charge in [-0.15, -0.1) is 0 Å². The highest BCUT2D eigenvalue weighted by Crippen LogP contribution is 2.42. The van der Waals surface area contributed by atoms with Crippen LogP contribution in [0.4, 0.5) is 19.0 Å². The predicted molar refractivity (Wildman–Crippen MR) is 110 cm³/mol. The van der Waals surface area contributed by atoms with Gasteiger partial charge in [0.1, 0.15) is 5.82 Å². The Morgan fingerprint density at radius 1 is 1.29 bits per heavy atom. The molecule has 1 amide bonds. The number of hydrogen-bond acceptors (Lipinski definition) is 4. The molecule has 0 spiro atoms. The summed E-state index contributed by atoms with van der Waals surface area (Å²) < 4.78 is 42.5. The average molecular weight is 435 g/mol. The number of nitrogens with one attached hydrogen (secondary N) is 1. The third kappa shape index (κ3) is 4.55. The van der Waals surface area contributed by atoms with Crippen molar-refractivity contribution in [2.45, 2.75) is 70.3 Å². The minimum Gasteiger partial charge on any atom is -0.367 e. The Hall–Kier alpha value is -2.58. The molecule has 0 bridgehead atoms. The zero-order valence-corrected chi connectivity index (χ0v) is 17.8. The first-order valence-corrected chi connectivity index (χ1v) is 10.9. The van der Waals surface area contributed by atoms with Gasteiger partial charge in [-0.3, -0.25) is 9.78 Å². The van der Waals surface area contributed by atoms with E-state index in [1.54, 1.807) is 29.3 Å². The van der Waals surface area contributed by atoms with E-state index in [9.17, 15) is 18.0 Å². The minimum atomic E-state index is -4.38. The molecule has 9 heteroatoms. The lowest BCUT2D eigenvalue weighted by Gasteiger charge is -2.35. The number of halogens is 3. The molecule has 4 heterocycles. The van der Waals surface area contributed by atoms with Crippen LogP contribution in [0.25, 0.3) is 0 Å². The van der Waals surface area contributed by atoms with E-state index < -0.39 is 12.2 Å². The van der Waals surface area contributed by atoms with Gasteiger partial charge in [0.05, 0.1) is 18.2 Å². The number of amides is 1. The number of hydrogen-bond donors (Lipinski definition) is 1. The smallest absolute Gasteiger partial charge is 0.367 e. The summed E-state index contributed by atoms with van der Waals surface area (Å²) in [6.07, 6.45) is -0.148. The second-order valence-corrected chi connectivity index (χ2v) is 8.78. The number of rotatable bonds is 4.